The second-order valence-electron chi connectivity index (χ2n) is 7.20. The molecule has 0 aliphatic carbocycles. The molecular formula is C24H24FN3O2S. The fraction of sp³-hybridized carbons (Fsp3) is 0.250. The smallest absolute Gasteiger partial charge is 0.254 e. The highest BCUT2D eigenvalue weighted by Crippen LogP contribution is 2.28. The number of ether oxygens (including phenoxy) is 1. The van der Waals surface area contributed by atoms with Crippen molar-refractivity contribution in [3.8, 4) is 0 Å². The van der Waals surface area contributed by atoms with E-state index in [-0.39, 0.29) is 17.8 Å². The number of aromatic nitrogens is 1. The summed E-state index contributed by atoms with van der Waals surface area (Å²) in [7, 11) is 0. The number of halogens is 1. The van der Waals surface area contributed by atoms with Gasteiger partial charge in [-0.3, -0.25) is 9.69 Å². The van der Waals surface area contributed by atoms with Gasteiger partial charge in [-0.2, -0.15) is 0 Å². The van der Waals surface area contributed by atoms with Gasteiger partial charge in [-0.1, -0.05) is 42.1 Å². The van der Waals surface area contributed by atoms with Crippen LogP contribution in [0.15, 0.2) is 82.8 Å². The molecule has 1 amide bonds. The van der Waals surface area contributed by atoms with E-state index < -0.39 is 0 Å². The molecule has 1 atom stereocenters. The number of nitrogens with one attached hydrogen (secondary N) is 1. The van der Waals surface area contributed by atoms with Crippen LogP contribution in [-0.4, -0.2) is 48.6 Å². The van der Waals surface area contributed by atoms with E-state index >= 15 is 0 Å². The molecule has 7 heteroatoms. The highest BCUT2D eigenvalue weighted by atomic mass is 32.2. The largest absolute Gasteiger partial charge is 0.379 e. The van der Waals surface area contributed by atoms with Crippen LogP contribution in [0.2, 0.25) is 0 Å². The van der Waals surface area contributed by atoms with E-state index in [2.05, 4.69) is 15.2 Å². The maximum Gasteiger partial charge on any atom is 0.254 e. The molecule has 5 nitrogen and oxygen atoms in total. The Morgan fingerprint density at radius 1 is 1.10 bits per heavy atom. The first-order valence-corrected chi connectivity index (χ1v) is 11.1. The van der Waals surface area contributed by atoms with Crippen molar-refractivity contribution >= 4 is 17.7 Å². The van der Waals surface area contributed by atoms with Crippen molar-refractivity contribution in [3.05, 3.63) is 89.9 Å². The van der Waals surface area contributed by atoms with Crippen molar-refractivity contribution in [2.24, 2.45) is 0 Å². The molecular weight excluding hydrogens is 413 g/mol. The molecule has 160 valence electrons. The summed E-state index contributed by atoms with van der Waals surface area (Å²) >= 11 is 1.45. The Hall–Kier alpha value is -2.74. The molecule has 2 aromatic carbocycles. The lowest BCUT2D eigenvalue weighted by atomic mass is 10.0. The van der Waals surface area contributed by atoms with Crippen molar-refractivity contribution in [3.63, 3.8) is 0 Å². The molecule has 0 bridgehead atoms. The van der Waals surface area contributed by atoms with Crippen molar-refractivity contribution in [2.75, 3.05) is 32.8 Å². The quantitative estimate of drug-likeness (QED) is 0.601. The first-order chi connectivity index (χ1) is 15.2. The van der Waals surface area contributed by atoms with Gasteiger partial charge >= 0.3 is 0 Å². The molecule has 2 heterocycles. The topological polar surface area (TPSA) is 54.5 Å². The van der Waals surface area contributed by atoms with E-state index in [4.69, 9.17) is 4.74 Å². The van der Waals surface area contributed by atoms with E-state index in [1.54, 1.807) is 24.4 Å². The Bertz CT molecular complexity index is 1010. The summed E-state index contributed by atoms with van der Waals surface area (Å²) in [6.45, 7) is 3.09. The summed E-state index contributed by atoms with van der Waals surface area (Å²) in [5.41, 5.74) is 1.36. The van der Waals surface area contributed by atoms with Crippen LogP contribution in [-0.2, 0) is 4.74 Å². The molecule has 0 radical (unpaired) electrons. The van der Waals surface area contributed by atoms with Gasteiger partial charge in [0.1, 0.15) is 10.8 Å². The molecule has 4 rings (SSSR count). The molecule has 1 aliphatic rings. The van der Waals surface area contributed by atoms with Gasteiger partial charge in [0.2, 0.25) is 0 Å². The zero-order valence-corrected chi connectivity index (χ0v) is 17.9. The fourth-order valence-corrected chi connectivity index (χ4v) is 4.49. The third-order valence-corrected chi connectivity index (χ3v) is 6.18. The maximum absolute atomic E-state index is 13.9. The van der Waals surface area contributed by atoms with Crippen LogP contribution in [0.1, 0.15) is 22.0 Å². The highest BCUT2D eigenvalue weighted by molar-refractivity contribution is 7.99. The van der Waals surface area contributed by atoms with E-state index in [0.717, 1.165) is 23.5 Å². The average molecular weight is 438 g/mol. The molecule has 0 saturated carbocycles. The molecule has 1 N–H and O–H groups in total. The summed E-state index contributed by atoms with van der Waals surface area (Å²) in [6, 6.07) is 19.8. The van der Waals surface area contributed by atoms with Crippen LogP contribution in [0.4, 0.5) is 4.39 Å². The summed E-state index contributed by atoms with van der Waals surface area (Å²) in [5, 5.41) is 3.70. The lowest BCUT2D eigenvalue weighted by Gasteiger charge is -2.35. The second-order valence-corrected chi connectivity index (χ2v) is 8.26. The monoisotopic (exact) mass is 437 g/mol. The minimum atomic E-state index is -0.282. The van der Waals surface area contributed by atoms with Crippen molar-refractivity contribution in [1.82, 2.24) is 15.2 Å². The zero-order chi connectivity index (χ0) is 21.5. The number of hydrogen-bond acceptors (Lipinski definition) is 5. The number of amides is 1. The van der Waals surface area contributed by atoms with Gasteiger partial charge < -0.3 is 10.1 Å². The molecule has 31 heavy (non-hydrogen) atoms. The molecule has 1 fully saturated rings. The maximum atomic E-state index is 13.9. The van der Waals surface area contributed by atoms with Crippen LogP contribution >= 0.6 is 11.8 Å². The molecule has 1 aromatic heterocycles. The third kappa shape index (κ3) is 5.70. The van der Waals surface area contributed by atoms with Gasteiger partial charge in [0.15, 0.2) is 0 Å². The Morgan fingerprint density at radius 2 is 1.90 bits per heavy atom. The number of nitrogens with zero attached hydrogens (tertiary/aromatic N) is 2. The van der Waals surface area contributed by atoms with E-state index in [1.807, 2.05) is 36.4 Å². The Labute approximate surface area is 185 Å². The number of carbonyl (C=O) groups is 1. The lowest BCUT2D eigenvalue weighted by molar-refractivity contribution is 0.0161. The van der Waals surface area contributed by atoms with Crippen LogP contribution in [0.3, 0.4) is 0 Å². The second kappa shape index (κ2) is 10.5. The number of hydrogen-bond donors (Lipinski definition) is 1. The standard InChI is InChI=1S/C24H24FN3O2S/c25-19-7-4-6-18(16-19)22(28-12-14-30-15-13-28)17-27-23(29)21-10-5-11-26-24(21)31-20-8-2-1-3-9-20/h1-11,16,22H,12-15,17H2,(H,27,29). The normalized spacial score (nSPS) is 15.4. The number of carbonyl (C=O) groups excluding carboxylic acids is 1. The summed E-state index contributed by atoms with van der Waals surface area (Å²) < 4.78 is 19.3. The van der Waals surface area contributed by atoms with Gasteiger partial charge in [0.25, 0.3) is 5.91 Å². The first kappa shape index (κ1) is 21.5. The Morgan fingerprint density at radius 3 is 2.68 bits per heavy atom. The van der Waals surface area contributed by atoms with Crippen molar-refractivity contribution in [1.29, 1.82) is 0 Å². The summed E-state index contributed by atoms with van der Waals surface area (Å²) in [6.07, 6.45) is 1.69. The first-order valence-electron chi connectivity index (χ1n) is 10.2. The number of rotatable bonds is 7. The zero-order valence-electron chi connectivity index (χ0n) is 17.0. The molecule has 3 aromatic rings. The molecule has 1 aliphatic heterocycles. The number of morpholine rings is 1. The average Bonchev–Trinajstić information content (AvgIpc) is 2.81. The van der Waals surface area contributed by atoms with Gasteiger partial charge in [-0.15, -0.1) is 0 Å². The number of benzene rings is 2. The van der Waals surface area contributed by atoms with E-state index in [1.165, 1.54) is 23.9 Å². The van der Waals surface area contributed by atoms with Crippen LogP contribution in [0.25, 0.3) is 0 Å². The van der Waals surface area contributed by atoms with Crippen LogP contribution in [0.5, 0.6) is 0 Å². The van der Waals surface area contributed by atoms with Gasteiger partial charge in [0.05, 0.1) is 24.8 Å². The lowest BCUT2D eigenvalue weighted by Crippen LogP contribution is -2.44. The van der Waals surface area contributed by atoms with E-state index in [0.29, 0.717) is 30.3 Å². The Balaban J connectivity index is 1.50. The highest BCUT2D eigenvalue weighted by Gasteiger charge is 2.24. The summed E-state index contributed by atoms with van der Waals surface area (Å²) in [5.74, 6) is -0.475. The van der Waals surface area contributed by atoms with Gasteiger partial charge in [-0.25, -0.2) is 9.37 Å². The number of pyridine rings is 1. The van der Waals surface area contributed by atoms with Crippen molar-refractivity contribution in [2.45, 2.75) is 16.0 Å². The SMILES string of the molecule is O=C(NCC(c1cccc(F)c1)N1CCOCC1)c1cccnc1Sc1ccccc1. The molecule has 1 unspecified atom stereocenters. The van der Waals surface area contributed by atoms with Gasteiger partial charge in [0, 0.05) is 30.7 Å². The van der Waals surface area contributed by atoms with E-state index in [9.17, 15) is 9.18 Å². The Kier molecular flexibility index (Phi) is 7.30. The minimum absolute atomic E-state index is 0.134. The molecule has 1 saturated heterocycles. The predicted molar refractivity (Wildman–Crippen MR) is 119 cm³/mol. The molecule has 0 spiro atoms. The van der Waals surface area contributed by atoms with Gasteiger partial charge in [-0.05, 0) is 42.0 Å². The minimum Gasteiger partial charge on any atom is -0.379 e. The van der Waals surface area contributed by atoms with Crippen molar-refractivity contribution < 1.29 is 13.9 Å². The summed E-state index contributed by atoms with van der Waals surface area (Å²) in [4.78, 5) is 20.7. The fourth-order valence-electron chi connectivity index (χ4n) is 3.59. The predicted octanol–water partition coefficient (Wildman–Crippen LogP) is 4.18. The van der Waals surface area contributed by atoms with Crippen LogP contribution in [0, 0.1) is 5.82 Å². The van der Waals surface area contributed by atoms with Crippen LogP contribution < -0.4 is 5.32 Å². The third-order valence-electron chi connectivity index (χ3n) is 5.15.